The first-order chi connectivity index (χ1) is 12.3. The zero-order chi connectivity index (χ0) is 17.1. The summed E-state index contributed by atoms with van der Waals surface area (Å²) in [6, 6.07) is 10.4. The predicted molar refractivity (Wildman–Crippen MR) is 96.1 cm³/mol. The average Bonchev–Trinajstić information content (AvgIpc) is 2.69. The van der Waals surface area contributed by atoms with Crippen molar-refractivity contribution in [3.63, 3.8) is 0 Å². The van der Waals surface area contributed by atoms with E-state index < -0.39 is 0 Å². The predicted octanol–water partition coefficient (Wildman–Crippen LogP) is 3.12. The molecule has 0 aliphatic carbocycles. The third-order valence-electron chi connectivity index (χ3n) is 4.81. The van der Waals surface area contributed by atoms with E-state index in [-0.39, 0.29) is 5.91 Å². The molecule has 3 heterocycles. The molecular weight excluding hydrogens is 312 g/mol. The quantitative estimate of drug-likeness (QED) is 0.739. The van der Waals surface area contributed by atoms with Crippen molar-refractivity contribution in [1.29, 1.82) is 0 Å². The zero-order valence-electron chi connectivity index (χ0n) is 14.0. The van der Waals surface area contributed by atoms with Crippen LogP contribution in [0.1, 0.15) is 28.9 Å². The number of amides is 1. The number of rotatable bonds is 3. The Labute approximate surface area is 146 Å². The summed E-state index contributed by atoms with van der Waals surface area (Å²) < 4.78 is 0. The van der Waals surface area contributed by atoms with E-state index in [4.69, 9.17) is 0 Å². The molecular formula is C20H20N4O. The second-order valence-corrected chi connectivity index (χ2v) is 6.55. The summed E-state index contributed by atoms with van der Waals surface area (Å²) in [5.74, 6) is 0.427. The van der Waals surface area contributed by atoms with Gasteiger partial charge in [0.1, 0.15) is 5.69 Å². The fourth-order valence-corrected chi connectivity index (χ4v) is 3.63. The summed E-state index contributed by atoms with van der Waals surface area (Å²) in [6.07, 6.45) is 9.64. The fourth-order valence-electron chi connectivity index (χ4n) is 3.63. The lowest BCUT2D eigenvalue weighted by molar-refractivity contribution is 0.0667. The highest BCUT2D eigenvalue weighted by atomic mass is 16.2. The third-order valence-corrected chi connectivity index (χ3v) is 4.81. The number of para-hydroxylation sites is 1. The highest BCUT2D eigenvalue weighted by molar-refractivity contribution is 5.92. The van der Waals surface area contributed by atoms with Crippen LogP contribution in [0.25, 0.3) is 10.9 Å². The Morgan fingerprint density at radius 1 is 1.12 bits per heavy atom. The van der Waals surface area contributed by atoms with Crippen LogP contribution in [0, 0.1) is 5.92 Å². The van der Waals surface area contributed by atoms with Gasteiger partial charge in [0.15, 0.2) is 0 Å². The van der Waals surface area contributed by atoms with Gasteiger partial charge >= 0.3 is 0 Å². The summed E-state index contributed by atoms with van der Waals surface area (Å²) in [5.41, 5.74) is 2.76. The molecule has 2 aromatic heterocycles. The van der Waals surface area contributed by atoms with Gasteiger partial charge in [-0.25, -0.2) is 4.98 Å². The van der Waals surface area contributed by atoms with Crippen molar-refractivity contribution in [3.8, 4) is 0 Å². The molecule has 1 fully saturated rings. The van der Waals surface area contributed by atoms with E-state index in [1.54, 1.807) is 18.6 Å². The highest BCUT2D eigenvalue weighted by Crippen LogP contribution is 2.25. The number of piperidine rings is 1. The Morgan fingerprint density at radius 2 is 2.04 bits per heavy atom. The van der Waals surface area contributed by atoms with Crippen molar-refractivity contribution in [1.82, 2.24) is 19.9 Å². The molecule has 0 bridgehead atoms. The van der Waals surface area contributed by atoms with Crippen molar-refractivity contribution < 1.29 is 4.79 Å². The molecule has 3 aromatic rings. The molecule has 1 atom stereocenters. The van der Waals surface area contributed by atoms with E-state index >= 15 is 0 Å². The molecule has 1 amide bonds. The van der Waals surface area contributed by atoms with Crippen LogP contribution in [0.3, 0.4) is 0 Å². The monoisotopic (exact) mass is 332 g/mol. The SMILES string of the molecule is O=C(c1cnccn1)N1CCCC(Cc2cccc3cccnc23)C1. The van der Waals surface area contributed by atoms with Crippen LogP contribution in [0.4, 0.5) is 0 Å². The number of aromatic nitrogens is 3. The number of likely N-dealkylation sites (tertiary alicyclic amines) is 1. The summed E-state index contributed by atoms with van der Waals surface area (Å²) in [5, 5.41) is 1.17. The standard InChI is InChI=1S/C20H20N4O/c25-20(18-13-21-9-10-22-18)24-11-3-4-15(14-24)12-17-6-1-5-16-7-2-8-23-19(16)17/h1-2,5-10,13,15H,3-4,11-12,14H2. The summed E-state index contributed by atoms with van der Waals surface area (Å²) in [4.78, 5) is 27.2. The Bertz CT molecular complexity index is 876. The minimum absolute atomic E-state index is 0.0196. The van der Waals surface area contributed by atoms with Crippen LogP contribution < -0.4 is 0 Å². The number of carbonyl (C=O) groups excluding carboxylic acids is 1. The van der Waals surface area contributed by atoms with Crippen molar-refractivity contribution in [2.75, 3.05) is 13.1 Å². The lowest BCUT2D eigenvalue weighted by atomic mass is 9.90. The Balaban J connectivity index is 1.51. The molecule has 5 nitrogen and oxygen atoms in total. The molecule has 126 valence electrons. The van der Waals surface area contributed by atoms with Gasteiger partial charge in [-0.2, -0.15) is 0 Å². The first-order valence-electron chi connectivity index (χ1n) is 8.69. The van der Waals surface area contributed by atoms with Crippen molar-refractivity contribution in [3.05, 3.63) is 66.4 Å². The van der Waals surface area contributed by atoms with Gasteiger partial charge in [-0.15, -0.1) is 0 Å². The van der Waals surface area contributed by atoms with Crippen LogP contribution in [-0.2, 0) is 6.42 Å². The van der Waals surface area contributed by atoms with Crippen LogP contribution >= 0.6 is 0 Å². The number of nitrogens with zero attached hydrogens (tertiary/aromatic N) is 4. The van der Waals surface area contributed by atoms with Crippen LogP contribution in [-0.4, -0.2) is 38.8 Å². The largest absolute Gasteiger partial charge is 0.337 e. The van der Waals surface area contributed by atoms with E-state index in [9.17, 15) is 4.79 Å². The molecule has 1 saturated heterocycles. The lowest BCUT2D eigenvalue weighted by Crippen LogP contribution is -2.40. The number of carbonyl (C=O) groups is 1. The summed E-state index contributed by atoms with van der Waals surface area (Å²) in [7, 11) is 0. The number of hydrogen-bond donors (Lipinski definition) is 0. The number of benzene rings is 1. The molecule has 1 aliphatic rings. The molecule has 1 unspecified atom stereocenters. The smallest absolute Gasteiger partial charge is 0.274 e. The number of hydrogen-bond acceptors (Lipinski definition) is 4. The second kappa shape index (κ2) is 6.97. The molecule has 1 aliphatic heterocycles. The van der Waals surface area contributed by atoms with Gasteiger partial charge in [0.25, 0.3) is 5.91 Å². The van der Waals surface area contributed by atoms with Crippen LogP contribution in [0.15, 0.2) is 55.1 Å². The van der Waals surface area contributed by atoms with E-state index in [0.29, 0.717) is 11.6 Å². The van der Waals surface area contributed by atoms with Crippen molar-refractivity contribution >= 4 is 16.8 Å². The van der Waals surface area contributed by atoms with Crippen LogP contribution in [0.5, 0.6) is 0 Å². The molecule has 0 N–H and O–H groups in total. The Kier molecular flexibility index (Phi) is 4.37. The van der Waals surface area contributed by atoms with Gasteiger partial charge in [-0.05, 0) is 36.8 Å². The van der Waals surface area contributed by atoms with Gasteiger partial charge < -0.3 is 4.90 Å². The average molecular weight is 332 g/mol. The lowest BCUT2D eigenvalue weighted by Gasteiger charge is -2.32. The van der Waals surface area contributed by atoms with Gasteiger partial charge in [-0.3, -0.25) is 14.8 Å². The summed E-state index contributed by atoms with van der Waals surface area (Å²) >= 11 is 0. The molecule has 0 saturated carbocycles. The third kappa shape index (κ3) is 3.36. The Morgan fingerprint density at radius 3 is 2.92 bits per heavy atom. The topological polar surface area (TPSA) is 59.0 Å². The zero-order valence-corrected chi connectivity index (χ0v) is 14.0. The molecule has 0 radical (unpaired) electrons. The normalized spacial score (nSPS) is 17.6. The van der Waals surface area contributed by atoms with E-state index in [0.717, 1.165) is 37.9 Å². The van der Waals surface area contributed by atoms with Gasteiger partial charge in [0.2, 0.25) is 0 Å². The minimum Gasteiger partial charge on any atom is -0.337 e. The van der Waals surface area contributed by atoms with Crippen molar-refractivity contribution in [2.45, 2.75) is 19.3 Å². The first-order valence-corrected chi connectivity index (χ1v) is 8.69. The number of fused-ring (bicyclic) bond motifs is 1. The Hall–Kier alpha value is -2.82. The van der Waals surface area contributed by atoms with E-state index in [2.05, 4.69) is 39.2 Å². The maximum Gasteiger partial charge on any atom is 0.274 e. The van der Waals surface area contributed by atoms with E-state index in [1.807, 2.05) is 17.2 Å². The van der Waals surface area contributed by atoms with Gasteiger partial charge in [0.05, 0.1) is 11.7 Å². The minimum atomic E-state index is -0.0196. The van der Waals surface area contributed by atoms with Gasteiger partial charge in [0, 0.05) is 37.1 Å². The molecule has 4 rings (SSSR count). The first kappa shape index (κ1) is 15.7. The van der Waals surface area contributed by atoms with E-state index in [1.165, 1.54) is 10.9 Å². The van der Waals surface area contributed by atoms with Crippen LogP contribution in [0.2, 0.25) is 0 Å². The maximum atomic E-state index is 12.6. The maximum absolute atomic E-state index is 12.6. The second-order valence-electron chi connectivity index (χ2n) is 6.55. The molecule has 1 aromatic carbocycles. The summed E-state index contributed by atoms with van der Waals surface area (Å²) in [6.45, 7) is 1.55. The molecule has 25 heavy (non-hydrogen) atoms. The van der Waals surface area contributed by atoms with Gasteiger partial charge in [-0.1, -0.05) is 24.3 Å². The molecule has 5 heteroatoms. The van der Waals surface area contributed by atoms with Crippen molar-refractivity contribution in [2.24, 2.45) is 5.92 Å². The fraction of sp³-hybridized carbons (Fsp3) is 0.300. The molecule has 0 spiro atoms. The number of pyridine rings is 1. The highest BCUT2D eigenvalue weighted by Gasteiger charge is 2.25.